The number of aromatic hydroxyl groups is 1. The molecule has 0 radical (unpaired) electrons. The fraction of sp³-hybridized carbons (Fsp3) is 0.368. The van der Waals surface area contributed by atoms with E-state index in [0.29, 0.717) is 11.8 Å². The second kappa shape index (κ2) is 7.84. The summed E-state index contributed by atoms with van der Waals surface area (Å²) >= 11 is 0. The highest BCUT2D eigenvalue weighted by molar-refractivity contribution is 5.25. The van der Waals surface area contributed by atoms with Crippen molar-refractivity contribution in [3.63, 3.8) is 0 Å². The normalized spacial score (nSPS) is 12.5. The zero-order valence-electron chi connectivity index (χ0n) is 13.0. The lowest BCUT2D eigenvalue weighted by Gasteiger charge is -2.24. The molecule has 0 fully saturated rings. The summed E-state index contributed by atoms with van der Waals surface area (Å²) in [6, 6.07) is 18.7. The number of benzene rings is 2. The van der Waals surface area contributed by atoms with Crippen LogP contribution in [0.2, 0.25) is 0 Å². The third-order valence-electron chi connectivity index (χ3n) is 4.14. The first kappa shape index (κ1) is 15.6. The van der Waals surface area contributed by atoms with Gasteiger partial charge in [-0.2, -0.15) is 0 Å². The van der Waals surface area contributed by atoms with Crippen LogP contribution in [0.5, 0.6) is 5.75 Å². The van der Waals surface area contributed by atoms with Crippen molar-refractivity contribution in [1.29, 1.82) is 0 Å². The van der Waals surface area contributed by atoms with Gasteiger partial charge in [0.15, 0.2) is 0 Å². The van der Waals surface area contributed by atoms with Gasteiger partial charge in [-0.15, -0.1) is 0 Å². The quantitative estimate of drug-likeness (QED) is 0.833. The Kier molecular flexibility index (Phi) is 5.82. The molecule has 0 saturated carbocycles. The Balaban J connectivity index is 1.74. The molecule has 2 heteroatoms. The van der Waals surface area contributed by atoms with Gasteiger partial charge >= 0.3 is 0 Å². The van der Waals surface area contributed by atoms with Crippen LogP contribution in [0.25, 0.3) is 0 Å². The number of hydrogen-bond donors (Lipinski definition) is 1. The van der Waals surface area contributed by atoms with Crippen LogP contribution in [0.4, 0.5) is 0 Å². The molecule has 1 atom stereocenters. The first-order chi connectivity index (χ1) is 10.1. The van der Waals surface area contributed by atoms with Crippen molar-refractivity contribution >= 4 is 0 Å². The van der Waals surface area contributed by atoms with Gasteiger partial charge in [-0.1, -0.05) is 42.5 Å². The highest BCUT2D eigenvalue weighted by atomic mass is 16.3. The Morgan fingerprint density at radius 3 is 2.19 bits per heavy atom. The van der Waals surface area contributed by atoms with E-state index in [4.69, 9.17) is 0 Å². The van der Waals surface area contributed by atoms with Crippen molar-refractivity contribution in [2.75, 3.05) is 13.6 Å². The molecule has 0 saturated heterocycles. The van der Waals surface area contributed by atoms with E-state index in [0.717, 1.165) is 25.8 Å². The van der Waals surface area contributed by atoms with E-state index in [1.165, 1.54) is 11.1 Å². The van der Waals surface area contributed by atoms with Crippen molar-refractivity contribution < 1.29 is 5.11 Å². The van der Waals surface area contributed by atoms with Gasteiger partial charge in [0.1, 0.15) is 5.75 Å². The van der Waals surface area contributed by atoms with E-state index < -0.39 is 0 Å². The minimum Gasteiger partial charge on any atom is -0.508 e. The summed E-state index contributed by atoms with van der Waals surface area (Å²) in [6.45, 7) is 3.37. The van der Waals surface area contributed by atoms with Crippen molar-refractivity contribution in [3.05, 3.63) is 65.7 Å². The summed E-state index contributed by atoms with van der Waals surface area (Å²) in [5, 5.41) is 9.29. The van der Waals surface area contributed by atoms with Crippen LogP contribution in [0.15, 0.2) is 54.6 Å². The van der Waals surface area contributed by atoms with Gasteiger partial charge < -0.3 is 10.0 Å². The molecule has 0 heterocycles. The molecular formula is C19H25NO. The molecule has 0 aliphatic heterocycles. The van der Waals surface area contributed by atoms with Crippen LogP contribution in [-0.4, -0.2) is 29.6 Å². The molecule has 21 heavy (non-hydrogen) atoms. The van der Waals surface area contributed by atoms with Crippen LogP contribution in [0.3, 0.4) is 0 Å². The summed E-state index contributed by atoms with van der Waals surface area (Å²) in [6.07, 6.45) is 3.29. The zero-order chi connectivity index (χ0) is 15.1. The highest BCUT2D eigenvalue weighted by Gasteiger charge is 2.09. The maximum Gasteiger partial charge on any atom is 0.115 e. The Morgan fingerprint density at radius 1 is 0.905 bits per heavy atom. The molecule has 0 aliphatic rings. The first-order valence-electron chi connectivity index (χ1n) is 7.67. The van der Waals surface area contributed by atoms with Crippen LogP contribution < -0.4 is 0 Å². The molecule has 0 bridgehead atoms. The summed E-state index contributed by atoms with van der Waals surface area (Å²) < 4.78 is 0. The molecule has 0 spiro atoms. The van der Waals surface area contributed by atoms with Gasteiger partial charge in [-0.25, -0.2) is 0 Å². The Labute approximate surface area is 128 Å². The van der Waals surface area contributed by atoms with Gasteiger partial charge in [0.2, 0.25) is 0 Å². The lowest BCUT2D eigenvalue weighted by Crippen LogP contribution is -2.31. The fourth-order valence-electron chi connectivity index (χ4n) is 2.43. The van der Waals surface area contributed by atoms with Crippen molar-refractivity contribution in [2.24, 2.45) is 0 Å². The Bertz CT molecular complexity index is 521. The largest absolute Gasteiger partial charge is 0.508 e. The van der Waals surface area contributed by atoms with Crippen LogP contribution in [0, 0.1) is 0 Å². The predicted molar refractivity (Wildman–Crippen MR) is 88.7 cm³/mol. The third-order valence-corrected chi connectivity index (χ3v) is 4.14. The van der Waals surface area contributed by atoms with Crippen LogP contribution in [0.1, 0.15) is 24.5 Å². The molecule has 2 nitrogen and oxygen atoms in total. The molecule has 1 N–H and O–H groups in total. The average Bonchev–Trinajstić information content (AvgIpc) is 2.52. The lowest BCUT2D eigenvalue weighted by atomic mass is 10.0. The van der Waals surface area contributed by atoms with Gasteiger partial charge in [0.25, 0.3) is 0 Å². The molecule has 0 aliphatic carbocycles. The number of nitrogens with zero attached hydrogens (tertiary/aromatic N) is 1. The Hall–Kier alpha value is -1.80. The minimum absolute atomic E-state index is 0.340. The van der Waals surface area contributed by atoms with E-state index >= 15 is 0 Å². The fourth-order valence-corrected chi connectivity index (χ4v) is 2.43. The molecule has 0 unspecified atom stereocenters. The smallest absolute Gasteiger partial charge is 0.115 e. The monoisotopic (exact) mass is 283 g/mol. The molecule has 0 amide bonds. The lowest BCUT2D eigenvalue weighted by molar-refractivity contribution is 0.249. The maximum absolute atomic E-state index is 9.29. The van der Waals surface area contributed by atoms with Gasteiger partial charge in [-0.05, 0) is 56.5 Å². The first-order valence-corrected chi connectivity index (χ1v) is 7.67. The van der Waals surface area contributed by atoms with Gasteiger partial charge in [-0.3, -0.25) is 0 Å². The summed E-state index contributed by atoms with van der Waals surface area (Å²) in [5.74, 6) is 0.340. The SMILES string of the molecule is C[C@@H](CCc1ccc(O)cc1)N(C)CCc1ccccc1. The predicted octanol–water partition coefficient (Wildman–Crippen LogP) is 3.89. The van der Waals surface area contributed by atoms with Crippen LogP contribution in [-0.2, 0) is 12.8 Å². The van der Waals surface area contributed by atoms with Gasteiger partial charge in [0.05, 0.1) is 0 Å². The number of aryl methyl sites for hydroxylation is 1. The van der Waals surface area contributed by atoms with Gasteiger partial charge in [0, 0.05) is 12.6 Å². The van der Waals surface area contributed by atoms with E-state index in [2.05, 4.69) is 49.2 Å². The molecule has 0 aromatic heterocycles. The Morgan fingerprint density at radius 2 is 1.52 bits per heavy atom. The number of likely N-dealkylation sites (N-methyl/N-ethyl adjacent to an activating group) is 1. The zero-order valence-corrected chi connectivity index (χ0v) is 13.0. The van der Waals surface area contributed by atoms with Crippen molar-refractivity contribution in [3.8, 4) is 5.75 Å². The number of phenolic OH excluding ortho intramolecular Hbond substituents is 1. The van der Waals surface area contributed by atoms with E-state index in [1.54, 1.807) is 12.1 Å². The summed E-state index contributed by atoms with van der Waals surface area (Å²) in [5.41, 5.74) is 2.69. The summed E-state index contributed by atoms with van der Waals surface area (Å²) in [4.78, 5) is 2.42. The highest BCUT2D eigenvalue weighted by Crippen LogP contribution is 2.13. The second-order valence-electron chi connectivity index (χ2n) is 5.77. The van der Waals surface area contributed by atoms with Crippen molar-refractivity contribution in [1.82, 2.24) is 4.90 Å². The third kappa shape index (κ3) is 5.24. The van der Waals surface area contributed by atoms with E-state index in [1.807, 2.05) is 12.1 Å². The van der Waals surface area contributed by atoms with E-state index in [9.17, 15) is 5.11 Å². The molecule has 112 valence electrons. The number of rotatable bonds is 7. The standard InChI is InChI=1S/C19H25NO/c1-16(8-9-18-10-12-19(21)13-11-18)20(2)15-14-17-6-4-3-5-7-17/h3-7,10-13,16,21H,8-9,14-15H2,1-2H3/t16-/m0/s1. The molecule has 2 aromatic rings. The summed E-state index contributed by atoms with van der Waals surface area (Å²) in [7, 11) is 2.20. The topological polar surface area (TPSA) is 23.5 Å². The number of hydrogen-bond acceptors (Lipinski definition) is 2. The maximum atomic E-state index is 9.29. The molecule has 2 aromatic carbocycles. The second-order valence-corrected chi connectivity index (χ2v) is 5.77. The number of phenols is 1. The minimum atomic E-state index is 0.340. The van der Waals surface area contributed by atoms with Crippen LogP contribution >= 0.6 is 0 Å². The molecular weight excluding hydrogens is 258 g/mol. The molecule has 2 rings (SSSR count). The van der Waals surface area contributed by atoms with E-state index in [-0.39, 0.29) is 0 Å². The average molecular weight is 283 g/mol. The van der Waals surface area contributed by atoms with Crippen molar-refractivity contribution in [2.45, 2.75) is 32.2 Å².